The fraction of sp³-hybridized carbons (Fsp3) is 0.750. The maximum Gasteiger partial charge on any atom is 0.470 e. The Morgan fingerprint density at radius 2 is 1.17 bits per heavy atom. The minimum atomic E-state index is -4.49. The number of hydrogen-bond donors (Lipinski definition) is 2. The van der Waals surface area contributed by atoms with E-state index in [1.807, 2.05) is 24.3 Å². The lowest BCUT2D eigenvalue weighted by Crippen LogP contribution is -2.03. The Hall–Kier alpha value is 0.0600. The van der Waals surface area contributed by atoms with Crippen LogP contribution in [0.4, 0.5) is 0 Å². The van der Waals surface area contributed by atoms with E-state index in [1.54, 1.807) is 0 Å². The van der Waals surface area contributed by atoms with Crippen molar-refractivity contribution in [2.75, 3.05) is 0 Å². The fourth-order valence-electron chi connectivity index (χ4n) is 3.82. The average Bonchev–Trinajstić information content (AvgIpc) is 2.69. The molecule has 1 atom stereocenters. The van der Waals surface area contributed by atoms with E-state index in [1.165, 1.54) is 83.5 Å². The molecule has 0 heterocycles. The number of hydrogen-bond acceptors (Lipinski definition) is 2. The van der Waals surface area contributed by atoms with Crippen molar-refractivity contribution >= 4 is 30.4 Å². The first-order valence-corrected chi connectivity index (χ1v) is 14.5. The lowest BCUT2D eigenvalue weighted by atomic mass is 10.0. The van der Waals surface area contributed by atoms with Gasteiger partial charge >= 0.3 is 7.82 Å². The predicted octanol–water partition coefficient (Wildman–Crippen LogP) is 8.70. The van der Waals surface area contributed by atoms with Gasteiger partial charge in [-0.3, -0.25) is 4.52 Å². The van der Waals surface area contributed by atoms with Gasteiger partial charge in [-0.1, -0.05) is 115 Å². The molecule has 0 radical (unpaired) electrons. The second-order valence-corrected chi connectivity index (χ2v) is 10.8. The van der Waals surface area contributed by atoms with Crippen molar-refractivity contribution in [1.29, 1.82) is 0 Å². The van der Waals surface area contributed by atoms with Crippen LogP contribution in [0.2, 0.25) is 0 Å². The maximum atomic E-state index is 11.3. The van der Waals surface area contributed by atoms with E-state index < -0.39 is 13.9 Å². The summed E-state index contributed by atoms with van der Waals surface area (Å²) in [5, 5.41) is 0. The highest BCUT2D eigenvalue weighted by molar-refractivity contribution is 14.1. The molecule has 30 heavy (non-hydrogen) atoms. The van der Waals surface area contributed by atoms with Gasteiger partial charge in [-0.05, 0) is 46.7 Å². The normalized spacial score (nSPS) is 12.9. The highest BCUT2D eigenvalue weighted by Crippen LogP contribution is 2.44. The van der Waals surface area contributed by atoms with Crippen LogP contribution in [0.25, 0.3) is 0 Å². The minimum absolute atomic E-state index is 0.537. The van der Waals surface area contributed by atoms with Gasteiger partial charge < -0.3 is 9.79 Å². The molecule has 0 amide bonds. The molecule has 1 aromatic carbocycles. The predicted molar refractivity (Wildman–Crippen MR) is 135 cm³/mol. The number of halogens is 1. The lowest BCUT2D eigenvalue weighted by Gasteiger charge is -2.18. The van der Waals surface area contributed by atoms with Crippen LogP contribution in [-0.2, 0) is 9.09 Å². The van der Waals surface area contributed by atoms with Crippen molar-refractivity contribution in [3.8, 4) is 0 Å². The first kappa shape index (κ1) is 28.1. The molecule has 0 aliphatic heterocycles. The molecular formula is C24H42IO4P. The van der Waals surface area contributed by atoms with Gasteiger partial charge in [0.15, 0.2) is 0 Å². The van der Waals surface area contributed by atoms with Gasteiger partial charge in [-0.2, -0.15) is 0 Å². The molecule has 0 bridgehead atoms. The zero-order valence-corrected chi connectivity index (χ0v) is 21.8. The first-order chi connectivity index (χ1) is 14.4. The molecule has 0 aliphatic carbocycles. The van der Waals surface area contributed by atoms with Gasteiger partial charge in [0.2, 0.25) is 0 Å². The summed E-state index contributed by atoms with van der Waals surface area (Å²) in [6.07, 6.45) is 19.7. The van der Waals surface area contributed by atoms with Crippen LogP contribution in [0.5, 0.6) is 0 Å². The van der Waals surface area contributed by atoms with Crippen molar-refractivity contribution in [3.63, 3.8) is 0 Å². The van der Waals surface area contributed by atoms with Gasteiger partial charge in [0, 0.05) is 3.57 Å². The van der Waals surface area contributed by atoms with Crippen molar-refractivity contribution in [2.45, 2.75) is 116 Å². The van der Waals surface area contributed by atoms with Gasteiger partial charge in [0.1, 0.15) is 0 Å². The summed E-state index contributed by atoms with van der Waals surface area (Å²) in [7, 11) is -4.49. The quantitative estimate of drug-likeness (QED) is 0.102. The molecule has 0 fully saturated rings. The summed E-state index contributed by atoms with van der Waals surface area (Å²) < 4.78 is 17.5. The standard InChI is InChI=1S/C24H42IO4P/c1-2-3-4-5-6-7-8-9-10-11-12-13-14-15-16-17-24(29-30(26,27)28)22-18-20-23(25)21-19-22/h18-21,24H,2-17H2,1H3,(H2,26,27,28). The molecule has 0 saturated heterocycles. The SMILES string of the molecule is CCCCCCCCCCCCCCCCCC(OP(=O)(O)O)c1ccc(I)cc1. The van der Waals surface area contributed by atoms with E-state index >= 15 is 0 Å². The Labute approximate surface area is 198 Å². The molecule has 1 aromatic rings. The number of phosphoric acid groups is 1. The first-order valence-electron chi connectivity index (χ1n) is 11.9. The monoisotopic (exact) mass is 552 g/mol. The topological polar surface area (TPSA) is 66.8 Å². The number of benzene rings is 1. The summed E-state index contributed by atoms with van der Waals surface area (Å²) in [4.78, 5) is 18.4. The Morgan fingerprint density at radius 3 is 1.57 bits per heavy atom. The van der Waals surface area contributed by atoms with E-state index in [0.29, 0.717) is 6.42 Å². The van der Waals surface area contributed by atoms with Gasteiger partial charge in [0.25, 0.3) is 0 Å². The van der Waals surface area contributed by atoms with Crippen LogP contribution in [0.15, 0.2) is 24.3 Å². The Kier molecular flexibility index (Phi) is 16.5. The van der Waals surface area contributed by atoms with Crippen molar-refractivity contribution < 1.29 is 18.9 Å². The molecular weight excluding hydrogens is 510 g/mol. The van der Waals surface area contributed by atoms with Crippen molar-refractivity contribution in [3.05, 3.63) is 33.4 Å². The largest absolute Gasteiger partial charge is 0.470 e. The number of unbranched alkanes of at least 4 members (excludes halogenated alkanes) is 14. The molecule has 4 nitrogen and oxygen atoms in total. The van der Waals surface area contributed by atoms with E-state index in [-0.39, 0.29) is 0 Å². The summed E-state index contributed by atoms with van der Waals surface area (Å²) in [5.74, 6) is 0. The maximum absolute atomic E-state index is 11.3. The second-order valence-electron chi connectivity index (χ2n) is 8.37. The molecule has 0 aliphatic rings. The summed E-state index contributed by atoms with van der Waals surface area (Å²) in [6, 6.07) is 7.68. The van der Waals surface area contributed by atoms with Gasteiger partial charge in [-0.15, -0.1) is 0 Å². The molecule has 6 heteroatoms. The fourth-order valence-corrected chi connectivity index (χ4v) is 4.74. The zero-order chi connectivity index (χ0) is 22.1. The summed E-state index contributed by atoms with van der Waals surface area (Å²) in [6.45, 7) is 2.27. The molecule has 1 unspecified atom stereocenters. The third-order valence-electron chi connectivity index (χ3n) is 5.58. The highest BCUT2D eigenvalue weighted by atomic mass is 127. The summed E-state index contributed by atoms with van der Waals surface area (Å²) >= 11 is 2.22. The van der Waals surface area contributed by atoms with Crippen molar-refractivity contribution in [1.82, 2.24) is 0 Å². The smallest absolute Gasteiger partial charge is 0.303 e. The van der Waals surface area contributed by atoms with Crippen LogP contribution in [-0.4, -0.2) is 9.79 Å². The van der Waals surface area contributed by atoms with Gasteiger partial charge in [0.05, 0.1) is 6.10 Å². The third-order valence-corrected chi connectivity index (χ3v) is 6.82. The molecule has 0 aromatic heterocycles. The van der Waals surface area contributed by atoms with E-state index in [4.69, 9.17) is 4.52 Å². The van der Waals surface area contributed by atoms with Crippen LogP contribution < -0.4 is 0 Å². The van der Waals surface area contributed by atoms with Crippen LogP contribution in [0.3, 0.4) is 0 Å². The zero-order valence-electron chi connectivity index (χ0n) is 18.7. The van der Waals surface area contributed by atoms with E-state index in [9.17, 15) is 14.4 Å². The molecule has 0 spiro atoms. The van der Waals surface area contributed by atoms with Crippen LogP contribution in [0, 0.1) is 3.57 Å². The minimum Gasteiger partial charge on any atom is -0.303 e. The molecule has 0 saturated carbocycles. The summed E-state index contributed by atoms with van der Waals surface area (Å²) in [5.41, 5.74) is 0.837. The molecule has 2 N–H and O–H groups in total. The second kappa shape index (κ2) is 17.6. The number of rotatable bonds is 19. The van der Waals surface area contributed by atoms with Gasteiger partial charge in [-0.25, -0.2) is 4.57 Å². The van der Waals surface area contributed by atoms with Crippen molar-refractivity contribution in [2.24, 2.45) is 0 Å². The van der Waals surface area contributed by atoms with Crippen LogP contribution >= 0.6 is 30.4 Å². The Morgan fingerprint density at radius 1 is 0.767 bits per heavy atom. The Balaban J connectivity index is 2.05. The average molecular weight is 552 g/mol. The Bertz CT molecular complexity index is 573. The number of phosphoric ester groups is 1. The van der Waals surface area contributed by atoms with E-state index in [0.717, 1.165) is 22.0 Å². The molecule has 174 valence electrons. The highest BCUT2D eigenvalue weighted by Gasteiger charge is 2.23. The van der Waals surface area contributed by atoms with Crippen LogP contribution in [0.1, 0.15) is 121 Å². The molecule has 1 rings (SSSR count). The third kappa shape index (κ3) is 15.8. The van der Waals surface area contributed by atoms with E-state index in [2.05, 4.69) is 29.5 Å². The lowest BCUT2D eigenvalue weighted by molar-refractivity contribution is 0.125.